The highest BCUT2D eigenvalue weighted by Gasteiger charge is 2.11. The van der Waals surface area contributed by atoms with Crippen LogP contribution in [-0.2, 0) is 10.0 Å². The fraction of sp³-hybridized carbons (Fsp3) is 0.500. The van der Waals surface area contributed by atoms with E-state index in [1.807, 2.05) is 0 Å². The van der Waals surface area contributed by atoms with E-state index in [0.717, 1.165) is 11.8 Å². The zero-order chi connectivity index (χ0) is 16.8. The number of nitrogens with zero attached hydrogens (tertiary/aromatic N) is 1. The van der Waals surface area contributed by atoms with Gasteiger partial charge >= 0.3 is 6.03 Å². The predicted octanol–water partition coefficient (Wildman–Crippen LogP) is 1.47. The molecular formula is C14H22FN3O3S. The number of halogens is 1. The number of carbonyl (C=O) groups is 1. The van der Waals surface area contributed by atoms with E-state index in [4.69, 9.17) is 0 Å². The van der Waals surface area contributed by atoms with Crippen LogP contribution >= 0.6 is 0 Å². The minimum Gasteiger partial charge on any atom is -0.338 e. The van der Waals surface area contributed by atoms with E-state index in [2.05, 4.69) is 10.6 Å². The van der Waals surface area contributed by atoms with Crippen LogP contribution in [0.5, 0.6) is 0 Å². The maximum absolute atomic E-state index is 12.8. The molecule has 2 N–H and O–H groups in total. The Kier molecular flexibility index (Phi) is 6.76. The van der Waals surface area contributed by atoms with Gasteiger partial charge in [-0.15, -0.1) is 0 Å². The lowest BCUT2D eigenvalue weighted by Crippen LogP contribution is -2.38. The molecule has 6 nitrogen and oxygen atoms in total. The van der Waals surface area contributed by atoms with Crippen molar-refractivity contribution in [3.63, 3.8) is 0 Å². The van der Waals surface area contributed by atoms with Crippen LogP contribution in [0.2, 0.25) is 0 Å². The van der Waals surface area contributed by atoms with E-state index in [0.29, 0.717) is 19.5 Å². The molecule has 0 heterocycles. The molecule has 0 aliphatic heterocycles. The molecule has 0 aliphatic carbocycles. The Morgan fingerprint density at radius 1 is 1.32 bits per heavy atom. The second kappa shape index (κ2) is 8.09. The minimum atomic E-state index is -3.19. The van der Waals surface area contributed by atoms with Crippen molar-refractivity contribution in [1.29, 1.82) is 0 Å². The molecule has 0 saturated heterocycles. The first-order valence-corrected chi connectivity index (χ1v) is 8.76. The summed E-state index contributed by atoms with van der Waals surface area (Å²) in [5, 5.41) is 5.39. The van der Waals surface area contributed by atoms with Gasteiger partial charge in [-0.05, 0) is 31.0 Å². The first kappa shape index (κ1) is 18.4. The predicted molar refractivity (Wildman–Crippen MR) is 83.4 cm³/mol. The van der Waals surface area contributed by atoms with Crippen molar-refractivity contribution in [3.05, 3.63) is 35.6 Å². The number of rotatable bonds is 7. The van der Waals surface area contributed by atoms with E-state index in [1.54, 1.807) is 19.1 Å². The van der Waals surface area contributed by atoms with Gasteiger partial charge in [0.25, 0.3) is 0 Å². The highest BCUT2D eigenvalue weighted by molar-refractivity contribution is 7.88. The Morgan fingerprint density at radius 3 is 2.45 bits per heavy atom. The third-order valence-corrected chi connectivity index (χ3v) is 4.53. The van der Waals surface area contributed by atoms with E-state index in [9.17, 15) is 17.6 Å². The number of hydrogen-bond donors (Lipinski definition) is 2. The highest BCUT2D eigenvalue weighted by atomic mass is 32.2. The molecule has 0 saturated carbocycles. The van der Waals surface area contributed by atoms with Gasteiger partial charge < -0.3 is 10.6 Å². The summed E-state index contributed by atoms with van der Waals surface area (Å²) in [6.45, 7) is 2.50. The number of amides is 2. The van der Waals surface area contributed by atoms with Crippen molar-refractivity contribution in [3.8, 4) is 0 Å². The molecular weight excluding hydrogens is 309 g/mol. The van der Waals surface area contributed by atoms with Gasteiger partial charge in [-0.25, -0.2) is 21.9 Å². The van der Waals surface area contributed by atoms with Crippen LogP contribution < -0.4 is 10.6 Å². The van der Waals surface area contributed by atoms with Gasteiger partial charge in [-0.2, -0.15) is 0 Å². The van der Waals surface area contributed by atoms with Crippen molar-refractivity contribution < 1.29 is 17.6 Å². The minimum absolute atomic E-state index is 0.251. The number of urea groups is 1. The quantitative estimate of drug-likeness (QED) is 0.743. The lowest BCUT2D eigenvalue weighted by atomic mass is 10.1. The van der Waals surface area contributed by atoms with Gasteiger partial charge in [0.1, 0.15) is 5.82 Å². The average molecular weight is 331 g/mol. The molecule has 124 valence electrons. The van der Waals surface area contributed by atoms with E-state index in [-0.39, 0.29) is 17.9 Å². The fourth-order valence-corrected chi connectivity index (χ4v) is 2.21. The molecule has 0 aliphatic rings. The Morgan fingerprint density at radius 2 is 1.91 bits per heavy atom. The lowest BCUT2D eigenvalue weighted by molar-refractivity contribution is 0.237. The van der Waals surface area contributed by atoms with Crippen LogP contribution in [0.25, 0.3) is 0 Å². The van der Waals surface area contributed by atoms with Crippen LogP contribution in [-0.4, -0.2) is 45.1 Å². The number of carbonyl (C=O) groups excluding carboxylic acids is 1. The highest BCUT2D eigenvalue weighted by Crippen LogP contribution is 2.12. The zero-order valence-electron chi connectivity index (χ0n) is 13.0. The first-order chi connectivity index (χ1) is 10.2. The van der Waals surface area contributed by atoms with Gasteiger partial charge in [0.2, 0.25) is 10.0 Å². The molecule has 1 aromatic rings. The maximum atomic E-state index is 12.8. The van der Waals surface area contributed by atoms with Crippen molar-refractivity contribution in [2.45, 2.75) is 19.4 Å². The molecule has 8 heteroatoms. The molecule has 1 rings (SSSR count). The lowest BCUT2D eigenvalue weighted by Gasteiger charge is -2.16. The van der Waals surface area contributed by atoms with Gasteiger partial charge in [0.05, 0.1) is 12.3 Å². The van der Waals surface area contributed by atoms with Crippen LogP contribution in [0.3, 0.4) is 0 Å². The Balaban J connectivity index is 2.30. The molecule has 22 heavy (non-hydrogen) atoms. The van der Waals surface area contributed by atoms with E-state index in [1.165, 1.54) is 23.5 Å². The van der Waals surface area contributed by atoms with Gasteiger partial charge in [0.15, 0.2) is 0 Å². The van der Waals surface area contributed by atoms with Crippen LogP contribution in [0.1, 0.15) is 24.9 Å². The largest absolute Gasteiger partial charge is 0.338 e. The number of hydrogen-bond acceptors (Lipinski definition) is 3. The number of nitrogens with one attached hydrogen (secondary N) is 2. The fourth-order valence-electron chi connectivity index (χ4n) is 1.75. The van der Waals surface area contributed by atoms with E-state index >= 15 is 0 Å². The van der Waals surface area contributed by atoms with Gasteiger partial charge in [0, 0.05) is 20.1 Å². The van der Waals surface area contributed by atoms with Crippen LogP contribution in [0, 0.1) is 5.82 Å². The Hall–Kier alpha value is -1.67. The molecule has 0 radical (unpaired) electrons. The molecule has 0 bridgehead atoms. The summed E-state index contributed by atoms with van der Waals surface area (Å²) >= 11 is 0. The molecule has 0 unspecified atom stereocenters. The van der Waals surface area contributed by atoms with Crippen molar-refractivity contribution in [2.24, 2.45) is 0 Å². The average Bonchev–Trinajstić information content (AvgIpc) is 2.42. The zero-order valence-corrected chi connectivity index (χ0v) is 13.8. The summed E-state index contributed by atoms with van der Waals surface area (Å²) in [6, 6.07) is 5.31. The molecule has 1 aromatic carbocycles. The second-order valence-electron chi connectivity index (χ2n) is 5.11. The van der Waals surface area contributed by atoms with Crippen LogP contribution in [0.4, 0.5) is 9.18 Å². The maximum Gasteiger partial charge on any atom is 0.315 e. The summed E-state index contributed by atoms with van der Waals surface area (Å²) in [5.74, 6) is -0.324. The van der Waals surface area contributed by atoms with E-state index < -0.39 is 10.0 Å². The summed E-state index contributed by atoms with van der Waals surface area (Å²) in [5.41, 5.74) is 0.799. The monoisotopic (exact) mass is 331 g/mol. The van der Waals surface area contributed by atoms with Gasteiger partial charge in [-0.3, -0.25) is 0 Å². The summed E-state index contributed by atoms with van der Waals surface area (Å²) < 4.78 is 36.4. The number of sulfonamides is 1. The van der Waals surface area contributed by atoms with Crippen molar-refractivity contribution in [1.82, 2.24) is 14.9 Å². The summed E-state index contributed by atoms with van der Waals surface area (Å²) in [4.78, 5) is 11.7. The second-order valence-corrected chi connectivity index (χ2v) is 7.20. The normalized spacial score (nSPS) is 13.0. The molecule has 0 fully saturated rings. The van der Waals surface area contributed by atoms with Crippen molar-refractivity contribution >= 4 is 16.1 Å². The van der Waals surface area contributed by atoms with Crippen molar-refractivity contribution in [2.75, 3.05) is 26.4 Å². The van der Waals surface area contributed by atoms with Gasteiger partial charge in [-0.1, -0.05) is 12.1 Å². The smallest absolute Gasteiger partial charge is 0.315 e. The molecule has 2 amide bonds. The number of benzene rings is 1. The molecule has 0 aromatic heterocycles. The third kappa shape index (κ3) is 6.40. The SMILES string of the molecule is C[C@@H](NC(=O)NCCCN(C)S(C)(=O)=O)c1ccc(F)cc1. The van der Waals surface area contributed by atoms with Crippen LogP contribution in [0.15, 0.2) is 24.3 Å². The summed E-state index contributed by atoms with van der Waals surface area (Å²) in [6.07, 6.45) is 1.65. The summed E-state index contributed by atoms with van der Waals surface area (Å²) in [7, 11) is -1.70. The third-order valence-electron chi connectivity index (χ3n) is 3.22. The Labute approximate surface area is 130 Å². The standard InChI is InChI=1S/C14H22FN3O3S/c1-11(12-5-7-13(15)8-6-12)17-14(19)16-9-4-10-18(2)22(3,20)21/h5-8,11H,4,9-10H2,1-3H3,(H2,16,17,19)/t11-/m1/s1. The Bertz CT molecular complexity index is 590. The topological polar surface area (TPSA) is 78.5 Å². The molecule has 1 atom stereocenters. The molecule has 0 spiro atoms. The first-order valence-electron chi connectivity index (χ1n) is 6.91.